The second-order valence-electron chi connectivity index (χ2n) is 6.63. The van der Waals surface area contributed by atoms with Gasteiger partial charge in [-0.1, -0.05) is 41.4 Å². The highest BCUT2D eigenvalue weighted by atomic mass is 35.5. The van der Waals surface area contributed by atoms with E-state index in [1.165, 1.54) is 16.2 Å². The minimum atomic E-state index is -0.473. The van der Waals surface area contributed by atoms with Crippen molar-refractivity contribution in [2.45, 2.75) is 20.0 Å². The molecule has 0 saturated heterocycles. The third-order valence-corrected chi connectivity index (χ3v) is 5.62. The van der Waals surface area contributed by atoms with Crippen molar-refractivity contribution < 1.29 is 4.74 Å². The summed E-state index contributed by atoms with van der Waals surface area (Å²) >= 11 is 12.1. The van der Waals surface area contributed by atoms with Crippen molar-refractivity contribution in [3.05, 3.63) is 85.2 Å². The first-order chi connectivity index (χ1) is 14.5. The molecule has 0 spiro atoms. The van der Waals surface area contributed by atoms with Gasteiger partial charge < -0.3 is 9.30 Å². The number of rotatable bonds is 5. The number of halogens is 2. The molecule has 0 N–H and O–H groups in total. The van der Waals surface area contributed by atoms with E-state index in [0.29, 0.717) is 33.5 Å². The van der Waals surface area contributed by atoms with Crippen LogP contribution in [0.1, 0.15) is 12.5 Å². The topological polar surface area (TPSA) is 71.1 Å². The number of methoxy groups -OCH3 is 1. The molecule has 9 heteroatoms. The van der Waals surface area contributed by atoms with Gasteiger partial charge in [0.25, 0.3) is 5.56 Å². The van der Waals surface area contributed by atoms with Crippen LogP contribution in [0, 0.1) is 0 Å². The lowest BCUT2D eigenvalue weighted by molar-refractivity contribution is 0.412. The predicted molar refractivity (Wildman–Crippen MR) is 117 cm³/mol. The van der Waals surface area contributed by atoms with E-state index >= 15 is 0 Å². The number of hydrogen-bond acceptors (Lipinski definition) is 4. The second-order valence-corrected chi connectivity index (χ2v) is 7.45. The highest BCUT2D eigenvalue weighted by Gasteiger charge is 2.20. The van der Waals surface area contributed by atoms with Crippen LogP contribution in [-0.2, 0) is 13.1 Å². The Hall–Kier alpha value is -3.03. The van der Waals surface area contributed by atoms with Gasteiger partial charge in [0, 0.05) is 13.1 Å². The molecule has 2 aromatic carbocycles. The molecule has 30 heavy (non-hydrogen) atoms. The molecular weight excluding hydrogens is 427 g/mol. The van der Waals surface area contributed by atoms with Gasteiger partial charge in [-0.3, -0.25) is 9.36 Å². The van der Waals surface area contributed by atoms with Crippen LogP contribution in [-0.4, -0.2) is 25.8 Å². The van der Waals surface area contributed by atoms with Crippen LogP contribution < -0.4 is 16.0 Å². The van der Waals surface area contributed by atoms with E-state index in [1.54, 1.807) is 48.1 Å². The fraction of sp³-hybridized carbons (Fsp3) is 0.190. The quantitative estimate of drug-likeness (QED) is 0.470. The van der Waals surface area contributed by atoms with Crippen LogP contribution in [0.3, 0.4) is 0 Å². The van der Waals surface area contributed by atoms with Crippen molar-refractivity contribution in [1.82, 2.24) is 18.7 Å². The number of hydrogen-bond donors (Lipinski definition) is 0. The number of imidazole rings is 1. The lowest BCUT2D eigenvalue weighted by Crippen LogP contribution is -2.39. The van der Waals surface area contributed by atoms with Gasteiger partial charge in [0.1, 0.15) is 5.75 Å². The average Bonchev–Trinajstić information content (AvgIpc) is 3.15. The second kappa shape index (κ2) is 8.01. The molecule has 0 radical (unpaired) electrons. The summed E-state index contributed by atoms with van der Waals surface area (Å²) in [5, 5.41) is 0.879. The van der Waals surface area contributed by atoms with Gasteiger partial charge in [-0.2, -0.15) is 0 Å². The Kier molecular flexibility index (Phi) is 5.40. The molecule has 0 aliphatic rings. The Bertz CT molecular complexity index is 1370. The first kappa shape index (κ1) is 20.3. The van der Waals surface area contributed by atoms with Crippen LogP contribution in [0.5, 0.6) is 5.75 Å². The van der Waals surface area contributed by atoms with Gasteiger partial charge in [0.15, 0.2) is 11.2 Å². The van der Waals surface area contributed by atoms with Crippen LogP contribution in [0.15, 0.2) is 58.4 Å². The van der Waals surface area contributed by atoms with E-state index in [9.17, 15) is 9.59 Å². The number of benzene rings is 2. The zero-order valence-electron chi connectivity index (χ0n) is 16.3. The molecule has 0 unspecified atom stereocenters. The standard InChI is InChI=1S/C21H18Cl2N4O3/c1-3-26-20(28)18-19(27(21(26)29)16-6-4-5-7-17(16)30-2)24-12-25(18)11-13-8-9-14(22)15(23)10-13/h4-10,12H,3,11H2,1-2H3. The van der Waals surface area contributed by atoms with Gasteiger partial charge in [0.05, 0.1) is 29.2 Å². The van der Waals surface area contributed by atoms with E-state index in [-0.39, 0.29) is 12.2 Å². The summed E-state index contributed by atoms with van der Waals surface area (Å²) in [7, 11) is 1.53. The van der Waals surface area contributed by atoms with Gasteiger partial charge in [0.2, 0.25) is 0 Å². The Morgan fingerprint density at radius 1 is 1.07 bits per heavy atom. The zero-order valence-corrected chi connectivity index (χ0v) is 17.8. The third kappa shape index (κ3) is 3.30. The summed E-state index contributed by atoms with van der Waals surface area (Å²) in [6.45, 7) is 2.32. The predicted octanol–water partition coefficient (Wildman–Crippen LogP) is 3.73. The van der Waals surface area contributed by atoms with E-state index in [1.807, 2.05) is 12.1 Å². The summed E-state index contributed by atoms with van der Waals surface area (Å²) in [5.74, 6) is 0.501. The molecule has 4 aromatic rings. The highest BCUT2D eigenvalue weighted by Crippen LogP contribution is 2.25. The summed E-state index contributed by atoms with van der Waals surface area (Å²) in [5.41, 5.74) is 1.06. The van der Waals surface area contributed by atoms with E-state index in [2.05, 4.69) is 4.98 Å². The van der Waals surface area contributed by atoms with Crippen molar-refractivity contribution in [3.8, 4) is 11.4 Å². The first-order valence-electron chi connectivity index (χ1n) is 9.24. The van der Waals surface area contributed by atoms with Gasteiger partial charge in [-0.15, -0.1) is 0 Å². The number of para-hydroxylation sites is 2. The number of ether oxygens (including phenoxy) is 1. The molecular formula is C21H18Cl2N4O3. The van der Waals surface area contributed by atoms with E-state index < -0.39 is 11.2 Å². The highest BCUT2D eigenvalue weighted by molar-refractivity contribution is 6.42. The Labute approximate surface area is 181 Å². The first-order valence-corrected chi connectivity index (χ1v) is 9.99. The van der Waals surface area contributed by atoms with E-state index in [0.717, 1.165) is 5.56 Å². The normalized spacial score (nSPS) is 11.2. The molecule has 2 aromatic heterocycles. The third-order valence-electron chi connectivity index (χ3n) is 4.88. The van der Waals surface area contributed by atoms with Gasteiger partial charge >= 0.3 is 5.69 Å². The fourth-order valence-electron chi connectivity index (χ4n) is 3.44. The fourth-order valence-corrected chi connectivity index (χ4v) is 3.77. The van der Waals surface area contributed by atoms with Crippen LogP contribution in [0.2, 0.25) is 10.0 Å². The molecule has 0 aliphatic heterocycles. The lowest BCUT2D eigenvalue weighted by Gasteiger charge is -2.14. The minimum absolute atomic E-state index is 0.223. The van der Waals surface area contributed by atoms with Crippen molar-refractivity contribution in [3.63, 3.8) is 0 Å². The molecule has 7 nitrogen and oxygen atoms in total. The molecule has 0 amide bonds. The molecule has 0 aliphatic carbocycles. The SMILES string of the molecule is CCn1c(=O)c2c(ncn2Cc2ccc(Cl)c(Cl)c2)n(-c2ccccc2OC)c1=O. The Balaban J connectivity index is 2.00. The smallest absolute Gasteiger partial charge is 0.337 e. The number of nitrogens with zero attached hydrogens (tertiary/aromatic N) is 4. The number of aromatic nitrogens is 4. The Morgan fingerprint density at radius 2 is 1.83 bits per heavy atom. The summed E-state index contributed by atoms with van der Waals surface area (Å²) in [6, 6.07) is 12.4. The minimum Gasteiger partial charge on any atom is -0.495 e. The maximum absolute atomic E-state index is 13.1. The molecule has 2 heterocycles. The zero-order chi connectivity index (χ0) is 21.4. The molecule has 0 atom stereocenters. The molecule has 0 bridgehead atoms. The van der Waals surface area contributed by atoms with Crippen molar-refractivity contribution >= 4 is 34.4 Å². The summed E-state index contributed by atoms with van der Waals surface area (Å²) < 4.78 is 9.72. The van der Waals surface area contributed by atoms with Crippen molar-refractivity contribution in [2.75, 3.05) is 7.11 Å². The largest absolute Gasteiger partial charge is 0.495 e. The summed E-state index contributed by atoms with van der Waals surface area (Å²) in [6.07, 6.45) is 1.54. The Morgan fingerprint density at radius 3 is 2.53 bits per heavy atom. The average molecular weight is 445 g/mol. The molecule has 0 saturated carbocycles. The van der Waals surface area contributed by atoms with Crippen molar-refractivity contribution in [2.24, 2.45) is 0 Å². The molecule has 0 fully saturated rings. The lowest BCUT2D eigenvalue weighted by atomic mass is 10.2. The van der Waals surface area contributed by atoms with Crippen LogP contribution in [0.25, 0.3) is 16.9 Å². The van der Waals surface area contributed by atoms with Crippen LogP contribution >= 0.6 is 23.2 Å². The molecule has 4 rings (SSSR count). The summed E-state index contributed by atoms with van der Waals surface area (Å²) in [4.78, 5) is 30.7. The van der Waals surface area contributed by atoms with Crippen molar-refractivity contribution in [1.29, 1.82) is 0 Å². The van der Waals surface area contributed by atoms with Crippen LogP contribution in [0.4, 0.5) is 0 Å². The van der Waals surface area contributed by atoms with E-state index in [4.69, 9.17) is 27.9 Å². The maximum Gasteiger partial charge on any atom is 0.337 e. The number of fused-ring (bicyclic) bond motifs is 1. The maximum atomic E-state index is 13.1. The van der Waals surface area contributed by atoms with Gasteiger partial charge in [-0.25, -0.2) is 14.3 Å². The van der Waals surface area contributed by atoms with Gasteiger partial charge in [-0.05, 0) is 36.8 Å². The molecule has 154 valence electrons. The monoisotopic (exact) mass is 444 g/mol.